The third kappa shape index (κ3) is 2.64. The van der Waals surface area contributed by atoms with Crippen molar-refractivity contribution in [3.8, 4) is 11.6 Å². The van der Waals surface area contributed by atoms with E-state index in [1.165, 1.54) is 0 Å². The molecule has 1 amide bonds. The number of carbonyl (C=O) groups excluding carboxylic acids is 1. The van der Waals surface area contributed by atoms with Crippen molar-refractivity contribution in [1.29, 1.82) is 0 Å². The molecule has 2 aromatic rings. The van der Waals surface area contributed by atoms with E-state index in [4.69, 9.17) is 4.52 Å². The van der Waals surface area contributed by atoms with E-state index in [0.29, 0.717) is 30.5 Å². The zero-order valence-corrected chi connectivity index (χ0v) is 11.0. The van der Waals surface area contributed by atoms with Crippen LogP contribution in [0.3, 0.4) is 0 Å². The number of hydrogen-bond acceptors (Lipinski definition) is 7. The average Bonchev–Trinajstić information content (AvgIpc) is 2.91. The van der Waals surface area contributed by atoms with Gasteiger partial charge >= 0.3 is 0 Å². The molecular formula is C12H14N6O2. The summed E-state index contributed by atoms with van der Waals surface area (Å²) in [4.78, 5) is 24.1. The number of aryl methyl sites for hydroxylation is 1. The van der Waals surface area contributed by atoms with Crippen molar-refractivity contribution in [3.05, 3.63) is 23.8 Å². The molecule has 8 nitrogen and oxygen atoms in total. The van der Waals surface area contributed by atoms with Crippen LogP contribution < -0.4 is 10.6 Å². The van der Waals surface area contributed by atoms with Crippen LogP contribution in [0.4, 0.5) is 0 Å². The smallest absolute Gasteiger partial charge is 0.240 e. The Morgan fingerprint density at radius 1 is 1.30 bits per heavy atom. The molecule has 0 bridgehead atoms. The minimum atomic E-state index is -0.337. The van der Waals surface area contributed by atoms with Crippen molar-refractivity contribution in [1.82, 2.24) is 30.7 Å². The van der Waals surface area contributed by atoms with Crippen LogP contribution in [0.25, 0.3) is 11.6 Å². The molecule has 104 valence electrons. The standard InChI is InChI=1S/C12H14N6O2/c1-7-5-15-10(16-6-7)11-17-9(20-18-11)4-8-12(19)14-3-2-13-8/h5-6,8,13H,2-4H2,1H3,(H,14,19). The highest BCUT2D eigenvalue weighted by atomic mass is 16.5. The van der Waals surface area contributed by atoms with Crippen LogP contribution in [0.2, 0.25) is 0 Å². The van der Waals surface area contributed by atoms with Gasteiger partial charge in [0.15, 0.2) is 0 Å². The molecule has 0 aliphatic carbocycles. The second-order valence-corrected chi connectivity index (χ2v) is 4.60. The molecule has 1 atom stereocenters. The van der Waals surface area contributed by atoms with Gasteiger partial charge in [-0.05, 0) is 12.5 Å². The molecule has 3 rings (SSSR count). The molecule has 2 aromatic heterocycles. The Kier molecular flexibility index (Phi) is 3.38. The Balaban J connectivity index is 1.73. The largest absolute Gasteiger partial charge is 0.353 e. The van der Waals surface area contributed by atoms with Gasteiger partial charge in [-0.3, -0.25) is 4.79 Å². The first-order valence-electron chi connectivity index (χ1n) is 6.35. The van der Waals surface area contributed by atoms with Crippen LogP contribution in [0.1, 0.15) is 11.5 Å². The maximum atomic E-state index is 11.6. The highest BCUT2D eigenvalue weighted by Gasteiger charge is 2.24. The van der Waals surface area contributed by atoms with Crippen molar-refractivity contribution >= 4 is 5.91 Å². The molecule has 20 heavy (non-hydrogen) atoms. The van der Waals surface area contributed by atoms with Gasteiger partial charge in [0.2, 0.25) is 23.4 Å². The van der Waals surface area contributed by atoms with Crippen molar-refractivity contribution in [2.24, 2.45) is 0 Å². The average molecular weight is 274 g/mol. The van der Waals surface area contributed by atoms with Crippen molar-refractivity contribution < 1.29 is 9.32 Å². The number of rotatable bonds is 3. The monoisotopic (exact) mass is 274 g/mol. The summed E-state index contributed by atoms with van der Waals surface area (Å²) in [6.45, 7) is 3.28. The van der Waals surface area contributed by atoms with E-state index in [9.17, 15) is 4.79 Å². The van der Waals surface area contributed by atoms with Gasteiger partial charge in [0, 0.05) is 25.5 Å². The SMILES string of the molecule is Cc1cnc(-c2noc(CC3NCCNC3=O)n2)nc1. The summed E-state index contributed by atoms with van der Waals surface area (Å²) < 4.78 is 5.14. The summed E-state index contributed by atoms with van der Waals surface area (Å²) in [6, 6.07) is -0.337. The van der Waals surface area contributed by atoms with Crippen LogP contribution in [-0.4, -0.2) is 45.1 Å². The zero-order valence-electron chi connectivity index (χ0n) is 11.0. The number of carbonyl (C=O) groups is 1. The van der Waals surface area contributed by atoms with Gasteiger partial charge in [0.1, 0.15) is 0 Å². The summed E-state index contributed by atoms with van der Waals surface area (Å²) in [5, 5.41) is 9.72. The van der Waals surface area contributed by atoms with Crippen LogP contribution in [0.15, 0.2) is 16.9 Å². The van der Waals surface area contributed by atoms with Gasteiger partial charge in [-0.2, -0.15) is 4.98 Å². The molecule has 2 N–H and O–H groups in total. The quantitative estimate of drug-likeness (QED) is 0.774. The molecule has 1 unspecified atom stereocenters. The summed E-state index contributed by atoms with van der Waals surface area (Å²) >= 11 is 0. The van der Waals surface area contributed by atoms with Crippen molar-refractivity contribution in [3.63, 3.8) is 0 Å². The number of amides is 1. The van der Waals surface area contributed by atoms with E-state index in [0.717, 1.165) is 12.1 Å². The second-order valence-electron chi connectivity index (χ2n) is 4.60. The van der Waals surface area contributed by atoms with Gasteiger partial charge in [0.05, 0.1) is 12.5 Å². The fourth-order valence-electron chi connectivity index (χ4n) is 1.92. The summed E-state index contributed by atoms with van der Waals surface area (Å²) in [5.41, 5.74) is 0.959. The predicted molar refractivity (Wildman–Crippen MR) is 68.6 cm³/mol. The lowest BCUT2D eigenvalue weighted by molar-refractivity contribution is -0.124. The van der Waals surface area contributed by atoms with E-state index in [1.54, 1.807) is 12.4 Å². The van der Waals surface area contributed by atoms with E-state index >= 15 is 0 Å². The molecule has 0 aromatic carbocycles. The van der Waals surface area contributed by atoms with Crippen LogP contribution in [0, 0.1) is 6.92 Å². The van der Waals surface area contributed by atoms with Gasteiger partial charge in [-0.25, -0.2) is 9.97 Å². The zero-order chi connectivity index (χ0) is 13.9. The lowest BCUT2D eigenvalue weighted by Crippen LogP contribution is -2.53. The van der Waals surface area contributed by atoms with Crippen LogP contribution in [-0.2, 0) is 11.2 Å². The lowest BCUT2D eigenvalue weighted by atomic mass is 10.1. The first-order chi connectivity index (χ1) is 9.72. The van der Waals surface area contributed by atoms with Gasteiger partial charge < -0.3 is 15.2 Å². The number of piperazine rings is 1. The predicted octanol–water partition coefficient (Wildman–Crippen LogP) is -0.534. The third-order valence-electron chi connectivity index (χ3n) is 2.96. The normalized spacial score (nSPS) is 18.9. The third-order valence-corrected chi connectivity index (χ3v) is 2.96. The molecule has 3 heterocycles. The first kappa shape index (κ1) is 12.7. The summed E-state index contributed by atoms with van der Waals surface area (Å²) in [7, 11) is 0. The second kappa shape index (κ2) is 5.33. The molecular weight excluding hydrogens is 260 g/mol. The summed E-state index contributed by atoms with van der Waals surface area (Å²) in [5.74, 6) is 1.07. The Hall–Kier alpha value is -2.35. The van der Waals surface area contributed by atoms with Gasteiger partial charge in [0.25, 0.3) is 0 Å². The molecule has 1 aliphatic rings. The number of nitrogens with one attached hydrogen (secondary N) is 2. The maximum absolute atomic E-state index is 11.6. The topological polar surface area (TPSA) is 106 Å². The number of aromatic nitrogens is 4. The Bertz CT molecular complexity index is 609. The first-order valence-corrected chi connectivity index (χ1v) is 6.35. The minimum Gasteiger partial charge on any atom is -0.353 e. The lowest BCUT2D eigenvalue weighted by Gasteiger charge is -2.21. The summed E-state index contributed by atoms with van der Waals surface area (Å²) in [6.07, 6.45) is 3.73. The fourth-order valence-corrected chi connectivity index (χ4v) is 1.92. The highest BCUT2D eigenvalue weighted by molar-refractivity contribution is 5.82. The number of nitrogens with zero attached hydrogens (tertiary/aromatic N) is 4. The fraction of sp³-hybridized carbons (Fsp3) is 0.417. The Labute approximate surface area is 115 Å². The van der Waals surface area contributed by atoms with E-state index in [1.807, 2.05) is 6.92 Å². The van der Waals surface area contributed by atoms with Gasteiger partial charge in [-0.15, -0.1) is 0 Å². The minimum absolute atomic E-state index is 0.0532. The molecule has 1 saturated heterocycles. The van der Waals surface area contributed by atoms with E-state index in [-0.39, 0.29) is 11.9 Å². The van der Waals surface area contributed by atoms with E-state index < -0.39 is 0 Å². The van der Waals surface area contributed by atoms with Crippen LogP contribution in [0.5, 0.6) is 0 Å². The molecule has 1 fully saturated rings. The highest BCUT2D eigenvalue weighted by Crippen LogP contribution is 2.11. The molecule has 1 aliphatic heterocycles. The molecule has 0 saturated carbocycles. The molecule has 8 heteroatoms. The Morgan fingerprint density at radius 3 is 2.85 bits per heavy atom. The van der Waals surface area contributed by atoms with Crippen LogP contribution >= 0.6 is 0 Å². The maximum Gasteiger partial charge on any atom is 0.240 e. The Morgan fingerprint density at radius 2 is 2.10 bits per heavy atom. The van der Waals surface area contributed by atoms with Crippen molar-refractivity contribution in [2.75, 3.05) is 13.1 Å². The van der Waals surface area contributed by atoms with E-state index in [2.05, 4.69) is 30.7 Å². The molecule has 0 spiro atoms. The van der Waals surface area contributed by atoms with Crippen molar-refractivity contribution in [2.45, 2.75) is 19.4 Å². The number of hydrogen-bond donors (Lipinski definition) is 2. The molecule has 0 radical (unpaired) electrons. The van der Waals surface area contributed by atoms with Gasteiger partial charge in [-0.1, -0.05) is 5.16 Å².